The van der Waals surface area contributed by atoms with E-state index in [1.807, 2.05) is 6.92 Å². The standard InChI is InChI=1S/C12H16N2O5/c1-3-8(6-12(15)16)13-10-7-9(19-2)4-5-11(10)14(17)18/h4-5,7-8,13H,3,6H2,1-2H3,(H,15,16). The first-order valence-electron chi connectivity index (χ1n) is 5.78. The maximum absolute atomic E-state index is 10.9. The molecule has 104 valence electrons. The SMILES string of the molecule is CCC(CC(=O)O)Nc1cc(OC)ccc1[N+](=O)[O-]. The first kappa shape index (κ1) is 14.7. The van der Waals surface area contributed by atoms with Crippen LogP contribution in [0, 0.1) is 10.1 Å². The summed E-state index contributed by atoms with van der Waals surface area (Å²) < 4.78 is 5.01. The maximum atomic E-state index is 10.9. The van der Waals surface area contributed by atoms with Gasteiger partial charge in [0.25, 0.3) is 5.69 Å². The summed E-state index contributed by atoms with van der Waals surface area (Å²) in [5, 5.41) is 22.6. The molecule has 2 N–H and O–H groups in total. The van der Waals surface area contributed by atoms with Crippen molar-refractivity contribution in [1.29, 1.82) is 0 Å². The van der Waals surface area contributed by atoms with Crippen molar-refractivity contribution < 1.29 is 19.6 Å². The van der Waals surface area contributed by atoms with Crippen molar-refractivity contribution in [2.24, 2.45) is 0 Å². The van der Waals surface area contributed by atoms with Crippen molar-refractivity contribution in [2.75, 3.05) is 12.4 Å². The highest BCUT2D eigenvalue weighted by molar-refractivity contribution is 5.70. The molecule has 1 aromatic carbocycles. The Morgan fingerprint density at radius 1 is 1.58 bits per heavy atom. The number of ether oxygens (including phenoxy) is 1. The largest absolute Gasteiger partial charge is 0.497 e. The molecule has 1 unspecified atom stereocenters. The van der Waals surface area contributed by atoms with E-state index < -0.39 is 10.9 Å². The molecule has 0 bridgehead atoms. The quantitative estimate of drug-likeness (QED) is 0.581. The van der Waals surface area contributed by atoms with Gasteiger partial charge in [-0.25, -0.2) is 0 Å². The zero-order valence-electron chi connectivity index (χ0n) is 10.8. The fraction of sp³-hybridized carbons (Fsp3) is 0.417. The van der Waals surface area contributed by atoms with Crippen LogP contribution in [0.1, 0.15) is 19.8 Å². The van der Waals surface area contributed by atoms with E-state index >= 15 is 0 Å². The topological polar surface area (TPSA) is 102 Å². The Kier molecular flexibility index (Phi) is 5.11. The van der Waals surface area contributed by atoms with Crippen molar-refractivity contribution in [3.63, 3.8) is 0 Å². The molecule has 0 aliphatic heterocycles. The minimum atomic E-state index is -0.954. The minimum Gasteiger partial charge on any atom is -0.497 e. The van der Waals surface area contributed by atoms with Gasteiger partial charge in [-0.2, -0.15) is 0 Å². The average molecular weight is 268 g/mol. The van der Waals surface area contributed by atoms with Crippen molar-refractivity contribution in [3.05, 3.63) is 28.3 Å². The lowest BCUT2D eigenvalue weighted by Gasteiger charge is -2.16. The lowest BCUT2D eigenvalue weighted by molar-refractivity contribution is -0.384. The second-order valence-electron chi connectivity index (χ2n) is 3.99. The molecule has 0 fully saturated rings. The molecule has 1 aromatic rings. The lowest BCUT2D eigenvalue weighted by atomic mass is 10.1. The number of hydrogen-bond donors (Lipinski definition) is 2. The number of anilines is 1. The molecule has 7 nitrogen and oxygen atoms in total. The van der Waals surface area contributed by atoms with Crippen LogP contribution in [-0.4, -0.2) is 29.2 Å². The van der Waals surface area contributed by atoms with Crippen molar-refractivity contribution in [1.82, 2.24) is 0 Å². The van der Waals surface area contributed by atoms with Crippen molar-refractivity contribution >= 4 is 17.3 Å². The molecule has 1 rings (SSSR count). The Labute approximate surface area is 110 Å². The molecule has 0 aliphatic rings. The summed E-state index contributed by atoms with van der Waals surface area (Å²) in [6.07, 6.45) is 0.436. The Morgan fingerprint density at radius 2 is 2.26 bits per heavy atom. The summed E-state index contributed by atoms with van der Waals surface area (Å²) in [6, 6.07) is 3.93. The van der Waals surface area contributed by atoms with E-state index in [0.717, 1.165) is 0 Å². The van der Waals surface area contributed by atoms with E-state index in [9.17, 15) is 14.9 Å². The summed E-state index contributed by atoms with van der Waals surface area (Å²) in [5.74, 6) is -0.483. The molecule has 0 saturated carbocycles. The minimum absolute atomic E-state index is 0.106. The fourth-order valence-electron chi connectivity index (χ4n) is 1.65. The third-order valence-electron chi connectivity index (χ3n) is 2.67. The van der Waals surface area contributed by atoms with E-state index in [2.05, 4.69) is 5.32 Å². The second-order valence-corrected chi connectivity index (χ2v) is 3.99. The van der Waals surface area contributed by atoms with Gasteiger partial charge >= 0.3 is 5.97 Å². The number of benzene rings is 1. The van der Waals surface area contributed by atoms with Gasteiger partial charge in [0.2, 0.25) is 0 Å². The number of nitro groups is 1. The molecule has 0 heterocycles. The number of nitro benzene ring substituents is 1. The van der Waals surface area contributed by atoms with E-state index in [0.29, 0.717) is 12.2 Å². The molecule has 0 spiro atoms. The molecular formula is C12H16N2O5. The van der Waals surface area contributed by atoms with E-state index in [1.54, 1.807) is 0 Å². The molecular weight excluding hydrogens is 252 g/mol. The van der Waals surface area contributed by atoms with Crippen molar-refractivity contribution in [2.45, 2.75) is 25.8 Å². The lowest BCUT2D eigenvalue weighted by Crippen LogP contribution is -2.22. The van der Waals surface area contributed by atoms with Crippen LogP contribution in [0.25, 0.3) is 0 Å². The van der Waals surface area contributed by atoms with Gasteiger partial charge in [-0.15, -0.1) is 0 Å². The van der Waals surface area contributed by atoms with Gasteiger partial charge in [0.1, 0.15) is 11.4 Å². The van der Waals surface area contributed by atoms with Gasteiger partial charge in [0.15, 0.2) is 0 Å². The molecule has 19 heavy (non-hydrogen) atoms. The highest BCUT2D eigenvalue weighted by atomic mass is 16.6. The number of aliphatic carboxylic acids is 1. The van der Waals surface area contributed by atoms with E-state index in [-0.39, 0.29) is 23.8 Å². The van der Waals surface area contributed by atoms with Gasteiger partial charge in [-0.1, -0.05) is 6.92 Å². The van der Waals surface area contributed by atoms with Gasteiger partial charge in [0, 0.05) is 18.2 Å². The predicted octanol–water partition coefficient (Wildman–Crippen LogP) is 2.27. The normalized spacial score (nSPS) is 11.7. The summed E-state index contributed by atoms with van der Waals surface area (Å²) in [5.41, 5.74) is 0.155. The number of carboxylic acids is 1. The van der Waals surface area contributed by atoms with E-state index in [1.165, 1.54) is 25.3 Å². The third kappa shape index (κ3) is 4.13. The van der Waals surface area contributed by atoms with Gasteiger partial charge in [-0.3, -0.25) is 14.9 Å². The maximum Gasteiger partial charge on any atom is 0.305 e. The Morgan fingerprint density at radius 3 is 2.74 bits per heavy atom. The molecule has 0 saturated heterocycles. The Balaban J connectivity index is 3.01. The number of hydrogen-bond acceptors (Lipinski definition) is 5. The number of carbonyl (C=O) groups is 1. The molecule has 0 aliphatic carbocycles. The third-order valence-corrected chi connectivity index (χ3v) is 2.67. The highest BCUT2D eigenvalue weighted by Crippen LogP contribution is 2.29. The van der Waals surface area contributed by atoms with Crippen molar-refractivity contribution in [3.8, 4) is 5.75 Å². The van der Waals surface area contributed by atoms with Crippen LogP contribution in [0.2, 0.25) is 0 Å². The molecule has 0 radical (unpaired) electrons. The van der Waals surface area contributed by atoms with Crippen LogP contribution in [0.5, 0.6) is 5.75 Å². The van der Waals surface area contributed by atoms with Gasteiger partial charge in [-0.05, 0) is 12.5 Å². The summed E-state index contributed by atoms with van der Waals surface area (Å²) in [4.78, 5) is 21.1. The number of carboxylic acid groups (broad SMARTS) is 1. The number of methoxy groups -OCH3 is 1. The second kappa shape index (κ2) is 6.58. The average Bonchev–Trinajstić information content (AvgIpc) is 2.36. The van der Waals surface area contributed by atoms with Crippen LogP contribution in [0.15, 0.2) is 18.2 Å². The number of nitrogens with one attached hydrogen (secondary N) is 1. The van der Waals surface area contributed by atoms with E-state index in [4.69, 9.17) is 9.84 Å². The van der Waals surface area contributed by atoms with Crippen LogP contribution in [0.3, 0.4) is 0 Å². The van der Waals surface area contributed by atoms with Gasteiger partial charge < -0.3 is 15.2 Å². The first-order valence-corrected chi connectivity index (χ1v) is 5.78. The summed E-state index contributed by atoms with van der Waals surface area (Å²) in [6.45, 7) is 1.81. The molecule has 1 atom stereocenters. The summed E-state index contributed by atoms with van der Waals surface area (Å²) in [7, 11) is 1.46. The van der Waals surface area contributed by atoms with Crippen LogP contribution >= 0.6 is 0 Å². The zero-order valence-corrected chi connectivity index (χ0v) is 10.8. The van der Waals surface area contributed by atoms with Crippen LogP contribution in [0.4, 0.5) is 11.4 Å². The number of rotatable bonds is 7. The predicted molar refractivity (Wildman–Crippen MR) is 69.6 cm³/mol. The highest BCUT2D eigenvalue weighted by Gasteiger charge is 2.18. The molecule has 0 amide bonds. The molecule has 7 heteroatoms. The Bertz CT molecular complexity index is 475. The summed E-state index contributed by atoms with van der Waals surface area (Å²) >= 11 is 0. The first-order chi connectivity index (χ1) is 8.97. The van der Waals surface area contributed by atoms with Crippen LogP contribution in [-0.2, 0) is 4.79 Å². The smallest absolute Gasteiger partial charge is 0.305 e. The zero-order chi connectivity index (χ0) is 14.4. The Hall–Kier alpha value is -2.31. The molecule has 0 aromatic heterocycles. The number of nitrogens with zero attached hydrogens (tertiary/aromatic N) is 1. The van der Waals surface area contributed by atoms with Crippen LogP contribution < -0.4 is 10.1 Å². The monoisotopic (exact) mass is 268 g/mol. The van der Waals surface area contributed by atoms with Gasteiger partial charge in [0.05, 0.1) is 18.5 Å². The fourth-order valence-corrected chi connectivity index (χ4v) is 1.65.